The van der Waals surface area contributed by atoms with Crippen molar-refractivity contribution in [3.05, 3.63) is 0 Å². The van der Waals surface area contributed by atoms with Crippen molar-refractivity contribution in [3.8, 4) is 0 Å². The average molecular weight is 286 g/mol. The minimum absolute atomic E-state index is 0.416. The first-order chi connectivity index (χ1) is 7.72. The fraction of sp³-hybridized carbons (Fsp3) is 0.923. The minimum Gasteiger partial charge on any atom is -0.342 e. The SMILES string of the molecule is O=C(CC1CC2CCC1C2)N1CCC(Br)C1. The maximum absolute atomic E-state index is 12.1. The van der Waals surface area contributed by atoms with Crippen molar-refractivity contribution in [1.82, 2.24) is 4.90 Å². The van der Waals surface area contributed by atoms with E-state index in [1.54, 1.807) is 0 Å². The summed E-state index contributed by atoms with van der Waals surface area (Å²) in [6.07, 6.45) is 7.54. The molecule has 2 aliphatic carbocycles. The molecule has 3 fully saturated rings. The van der Waals surface area contributed by atoms with Gasteiger partial charge in [0.25, 0.3) is 0 Å². The van der Waals surface area contributed by atoms with Crippen molar-refractivity contribution in [1.29, 1.82) is 0 Å². The smallest absolute Gasteiger partial charge is 0.222 e. The molecule has 90 valence electrons. The highest BCUT2D eigenvalue weighted by Gasteiger charge is 2.41. The number of rotatable bonds is 2. The molecule has 4 atom stereocenters. The number of carbonyl (C=O) groups is 1. The van der Waals surface area contributed by atoms with E-state index in [0.29, 0.717) is 10.7 Å². The Kier molecular flexibility index (Phi) is 2.99. The molecule has 0 aromatic carbocycles. The van der Waals surface area contributed by atoms with Gasteiger partial charge in [0.05, 0.1) is 0 Å². The summed E-state index contributed by atoms with van der Waals surface area (Å²) in [6, 6.07) is 0. The fourth-order valence-electron chi connectivity index (χ4n) is 3.92. The van der Waals surface area contributed by atoms with Gasteiger partial charge in [0.15, 0.2) is 0 Å². The molecule has 1 saturated heterocycles. The van der Waals surface area contributed by atoms with Crippen molar-refractivity contribution in [2.75, 3.05) is 13.1 Å². The molecule has 3 heteroatoms. The topological polar surface area (TPSA) is 20.3 Å². The van der Waals surface area contributed by atoms with E-state index < -0.39 is 0 Å². The van der Waals surface area contributed by atoms with E-state index in [2.05, 4.69) is 20.8 Å². The Bertz CT molecular complexity index is 294. The number of fused-ring (bicyclic) bond motifs is 2. The van der Waals surface area contributed by atoms with E-state index in [4.69, 9.17) is 0 Å². The zero-order valence-electron chi connectivity index (χ0n) is 9.70. The second-order valence-corrected chi connectivity index (χ2v) is 7.16. The molecular weight excluding hydrogens is 266 g/mol. The molecule has 1 heterocycles. The summed E-state index contributed by atoms with van der Waals surface area (Å²) in [5, 5.41) is 0. The van der Waals surface area contributed by atoms with E-state index in [1.807, 2.05) is 0 Å². The van der Waals surface area contributed by atoms with Gasteiger partial charge in [-0.25, -0.2) is 0 Å². The number of halogens is 1. The molecule has 1 amide bonds. The van der Waals surface area contributed by atoms with Crippen molar-refractivity contribution in [3.63, 3.8) is 0 Å². The van der Waals surface area contributed by atoms with Crippen LogP contribution < -0.4 is 0 Å². The highest BCUT2D eigenvalue weighted by atomic mass is 79.9. The molecule has 0 radical (unpaired) electrons. The zero-order valence-corrected chi connectivity index (χ0v) is 11.3. The molecule has 2 bridgehead atoms. The van der Waals surface area contributed by atoms with Gasteiger partial charge in [0, 0.05) is 24.3 Å². The molecular formula is C13H20BrNO. The number of carbonyl (C=O) groups excluding carboxylic acids is 1. The second-order valence-electron chi connectivity index (χ2n) is 5.86. The highest BCUT2D eigenvalue weighted by Crippen LogP contribution is 2.49. The number of nitrogens with zero attached hydrogens (tertiary/aromatic N) is 1. The first kappa shape index (κ1) is 11.1. The van der Waals surface area contributed by atoms with Crippen LogP contribution in [-0.4, -0.2) is 28.7 Å². The number of alkyl halides is 1. The molecule has 2 nitrogen and oxygen atoms in total. The molecule has 4 unspecified atom stereocenters. The quantitative estimate of drug-likeness (QED) is 0.715. The van der Waals surface area contributed by atoms with Gasteiger partial charge in [-0.3, -0.25) is 4.79 Å². The summed E-state index contributed by atoms with van der Waals surface area (Å²) in [5.74, 6) is 2.99. The third-order valence-corrected chi connectivity index (χ3v) is 5.55. The van der Waals surface area contributed by atoms with Crippen LogP contribution in [0.4, 0.5) is 0 Å². The Morgan fingerprint density at radius 3 is 2.69 bits per heavy atom. The van der Waals surface area contributed by atoms with Crippen LogP contribution in [0.3, 0.4) is 0 Å². The molecule has 16 heavy (non-hydrogen) atoms. The van der Waals surface area contributed by atoms with Crippen LogP contribution in [0.15, 0.2) is 0 Å². The van der Waals surface area contributed by atoms with Gasteiger partial charge in [-0.2, -0.15) is 0 Å². The van der Waals surface area contributed by atoms with Crippen LogP contribution in [-0.2, 0) is 4.79 Å². The molecule has 2 saturated carbocycles. The van der Waals surface area contributed by atoms with Crippen LogP contribution >= 0.6 is 15.9 Å². The molecule has 0 N–H and O–H groups in total. The van der Waals surface area contributed by atoms with E-state index in [0.717, 1.165) is 43.7 Å². The summed E-state index contributed by atoms with van der Waals surface area (Å²) in [6.45, 7) is 1.90. The van der Waals surface area contributed by atoms with E-state index in [-0.39, 0.29) is 0 Å². The summed E-state index contributed by atoms with van der Waals surface area (Å²) in [5.41, 5.74) is 0. The Morgan fingerprint density at radius 1 is 1.25 bits per heavy atom. The monoisotopic (exact) mass is 285 g/mol. The van der Waals surface area contributed by atoms with Crippen LogP contribution in [0.1, 0.15) is 38.5 Å². The lowest BCUT2D eigenvalue weighted by Crippen LogP contribution is -2.31. The fourth-order valence-corrected chi connectivity index (χ4v) is 4.48. The number of hydrogen-bond acceptors (Lipinski definition) is 1. The predicted molar refractivity (Wildman–Crippen MR) is 67.5 cm³/mol. The van der Waals surface area contributed by atoms with E-state index >= 15 is 0 Å². The number of hydrogen-bond donors (Lipinski definition) is 0. The van der Waals surface area contributed by atoms with Gasteiger partial charge in [0.2, 0.25) is 5.91 Å². The van der Waals surface area contributed by atoms with Crippen LogP contribution in [0.25, 0.3) is 0 Å². The molecule has 3 aliphatic rings. The highest BCUT2D eigenvalue weighted by molar-refractivity contribution is 9.09. The van der Waals surface area contributed by atoms with Crippen molar-refractivity contribution < 1.29 is 4.79 Å². The Labute approximate surface area is 106 Å². The molecule has 0 spiro atoms. The largest absolute Gasteiger partial charge is 0.342 e. The predicted octanol–water partition coefficient (Wildman–Crippen LogP) is 2.81. The molecule has 0 aromatic rings. The van der Waals surface area contributed by atoms with Crippen LogP contribution in [0.2, 0.25) is 0 Å². The summed E-state index contributed by atoms with van der Waals surface area (Å²) in [7, 11) is 0. The lowest BCUT2D eigenvalue weighted by atomic mass is 9.86. The first-order valence-electron chi connectivity index (χ1n) is 6.64. The number of amides is 1. The maximum atomic E-state index is 12.1. The Hall–Kier alpha value is -0.0500. The Morgan fingerprint density at radius 2 is 2.12 bits per heavy atom. The third-order valence-electron chi connectivity index (χ3n) is 4.80. The van der Waals surface area contributed by atoms with Gasteiger partial charge in [-0.1, -0.05) is 22.4 Å². The van der Waals surface area contributed by atoms with Gasteiger partial charge in [0.1, 0.15) is 0 Å². The normalized spacial score (nSPS) is 41.9. The van der Waals surface area contributed by atoms with Crippen LogP contribution in [0, 0.1) is 17.8 Å². The van der Waals surface area contributed by atoms with E-state index in [9.17, 15) is 4.79 Å². The lowest BCUT2D eigenvalue weighted by molar-refractivity contribution is -0.131. The molecule has 1 aliphatic heterocycles. The second kappa shape index (κ2) is 4.32. The third kappa shape index (κ3) is 2.03. The Balaban J connectivity index is 1.53. The number of likely N-dealkylation sites (tertiary alicyclic amines) is 1. The summed E-state index contributed by atoms with van der Waals surface area (Å²) in [4.78, 5) is 14.7. The van der Waals surface area contributed by atoms with Gasteiger partial charge in [-0.05, 0) is 43.4 Å². The average Bonchev–Trinajstić information content (AvgIpc) is 2.92. The summed E-state index contributed by atoms with van der Waals surface area (Å²) < 4.78 is 0. The maximum Gasteiger partial charge on any atom is 0.222 e. The zero-order chi connectivity index (χ0) is 11.1. The lowest BCUT2D eigenvalue weighted by Gasteiger charge is -2.24. The molecule has 3 rings (SSSR count). The summed E-state index contributed by atoms with van der Waals surface area (Å²) >= 11 is 3.60. The van der Waals surface area contributed by atoms with Crippen molar-refractivity contribution in [2.24, 2.45) is 17.8 Å². The van der Waals surface area contributed by atoms with Crippen molar-refractivity contribution in [2.45, 2.75) is 43.4 Å². The molecule has 0 aromatic heterocycles. The van der Waals surface area contributed by atoms with E-state index in [1.165, 1.54) is 25.7 Å². The van der Waals surface area contributed by atoms with Gasteiger partial charge >= 0.3 is 0 Å². The first-order valence-corrected chi connectivity index (χ1v) is 7.56. The van der Waals surface area contributed by atoms with Gasteiger partial charge < -0.3 is 4.90 Å². The minimum atomic E-state index is 0.416. The van der Waals surface area contributed by atoms with Gasteiger partial charge in [-0.15, -0.1) is 0 Å². The van der Waals surface area contributed by atoms with Crippen LogP contribution in [0.5, 0.6) is 0 Å². The standard InChI is InChI=1S/C13H20BrNO/c14-12-3-4-15(8-12)13(16)7-11-6-9-1-2-10(11)5-9/h9-12H,1-8H2. The van der Waals surface area contributed by atoms with Crippen molar-refractivity contribution >= 4 is 21.8 Å².